The molecule has 23 heavy (non-hydrogen) atoms. The molecule has 1 atom stereocenters. The van der Waals surface area contributed by atoms with Crippen LogP contribution in [0.15, 0.2) is 91.0 Å². The molecule has 3 heteroatoms. The molecule has 0 spiro atoms. The average Bonchev–Trinajstić information content (AvgIpc) is 2.62. The van der Waals surface area contributed by atoms with Gasteiger partial charge in [-0.25, -0.2) is 0 Å². The summed E-state index contributed by atoms with van der Waals surface area (Å²) in [7, 11) is -2.44. The van der Waals surface area contributed by atoms with Crippen LogP contribution in [0.2, 0.25) is 6.55 Å². The second kappa shape index (κ2) is 7.44. The highest BCUT2D eigenvalue weighted by atomic mass is 35.6. The van der Waals surface area contributed by atoms with E-state index in [1.807, 2.05) is 0 Å². The normalized spacial score (nSPS) is 13.7. The van der Waals surface area contributed by atoms with Gasteiger partial charge in [0.25, 0.3) is 0 Å². The third-order valence-corrected chi connectivity index (χ3v) is 12.7. The van der Waals surface area contributed by atoms with E-state index in [0.29, 0.717) is 0 Å². The molecule has 0 bridgehead atoms. The van der Waals surface area contributed by atoms with E-state index < -0.39 is 15.3 Å². The third kappa shape index (κ3) is 4.12. The van der Waals surface area contributed by atoms with Crippen LogP contribution in [-0.2, 0) is 0 Å². The Bertz CT molecular complexity index is 690. The lowest BCUT2D eigenvalue weighted by atomic mass is 10.4. The minimum Gasteiger partial charge on any atom is -0.161 e. The van der Waals surface area contributed by atoms with Crippen LogP contribution in [0, 0.1) is 0 Å². The van der Waals surface area contributed by atoms with Crippen molar-refractivity contribution in [1.29, 1.82) is 0 Å². The summed E-state index contributed by atoms with van der Waals surface area (Å²) >= 11 is 7.11. The molecule has 0 aliphatic carbocycles. The second-order valence-electron chi connectivity index (χ2n) is 5.82. The van der Waals surface area contributed by atoms with Crippen molar-refractivity contribution in [3.05, 3.63) is 91.0 Å². The van der Waals surface area contributed by atoms with Crippen molar-refractivity contribution in [1.82, 2.24) is 0 Å². The smallest absolute Gasteiger partial charge is 0.161 e. The minimum atomic E-state index is -2.01. The fourth-order valence-corrected chi connectivity index (χ4v) is 11.0. The Kier molecular flexibility index (Phi) is 5.33. The molecule has 0 saturated carbocycles. The fourth-order valence-electron chi connectivity index (χ4n) is 2.72. The zero-order valence-electron chi connectivity index (χ0n) is 13.2. The molecule has 0 fully saturated rings. The standard InChI is InChI=1S/C20H20ClPSi/c1-23(21,20-15-9-4-10-16-20)17-22(18-11-5-2-6-12-18)19-13-7-3-8-14-19/h2-16H,17H2,1H3. The molecule has 0 saturated heterocycles. The first-order valence-electron chi connectivity index (χ1n) is 7.79. The zero-order valence-corrected chi connectivity index (χ0v) is 15.8. The van der Waals surface area contributed by atoms with Crippen molar-refractivity contribution in [3.8, 4) is 0 Å². The molecule has 1 unspecified atom stereocenters. The number of hydrogen-bond donors (Lipinski definition) is 0. The van der Waals surface area contributed by atoms with E-state index in [9.17, 15) is 0 Å². The molecule has 3 aromatic carbocycles. The molecule has 0 aromatic heterocycles. The Hall–Kier alpha value is -1.40. The SMILES string of the molecule is C[Si](Cl)(CP(c1ccccc1)c1ccccc1)c1ccccc1. The van der Waals surface area contributed by atoms with Crippen molar-refractivity contribution in [3.63, 3.8) is 0 Å². The number of benzene rings is 3. The van der Waals surface area contributed by atoms with E-state index in [-0.39, 0.29) is 0 Å². The molecule has 3 aromatic rings. The highest BCUT2D eigenvalue weighted by Crippen LogP contribution is 2.37. The fraction of sp³-hybridized carbons (Fsp3) is 0.100. The minimum absolute atomic E-state index is 0.433. The van der Waals surface area contributed by atoms with Gasteiger partial charge in [-0.1, -0.05) is 97.5 Å². The molecule has 116 valence electrons. The molecule has 3 rings (SSSR count). The first kappa shape index (κ1) is 16.5. The van der Waals surface area contributed by atoms with Crippen LogP contribution < -0.4 is 15.8 Å². The molecule has 0 amide bonds. The van der Waals surface area contributed by atoms with Gasteiger partial charge in [0.2, 0.25) is 0 Å². The maximum absolute atomic E-state index is 7.11. The van der Waals surface area contributed by atoms with Crippen molar-refractivity contribution in [2.75, 3.05) is 5.79 Å². The Labute approximate surface area is 145 Å². The molecule has 0 aliphatic heterocycles. The molecular weight excluding hydrogens is 335 g/mol. The molecule has 0 aliphatic rings. The largest absolute Gasteiger partial charge is 0.188 e. The van der Waals surface area contributed by atoms with E-state index in [1.165, 1.54) is 15.8 Å². The summed E-state index contributed by atoms with van der Waals surface area (Å²) in [4.78, 5) is 0. The van der Waals surface area contributed by atoms with Crippen LogP contribution in [-0.4, -0.2) is 13.2 Å². The second-order valence-corrected chi connectivity index (χ2v) is 14.4. The predicted octanol–water partition coefficient (Wildman–Crippen LogP) is 4.38. The lowest BCUT2D eigenvalue weighted by Crippen LogP contribution is -2.44. The van der Waals surface area contributed by atoms with Gasteiger partial charge >= 0.3 is 0 Å². The first-order chi connectivity index (χ1) is 11.2. The summed E-state index contributed by atoms with van der Waals surface area (Å²) in [5, 5.41) is 4.13. The van der Waals surface area contributed by atoms with E-state index in [0.717, 1.165) is 5.79 Å². The Balaban J connectivity index is 1.97. The van der Waals surface area contributed by atoms with Gasteiger partial charge in [0.05, 0.1) is 0 Å². The maximum atomic E-state index is 7.11. The molecule has 0 nitrogen and oxygen atoms in total. The van der Waals surface area contributed by atoms with Crippen LogP contribution in [0.3, 0.4) is 0 Å². The van der Waals surface area contributed by atoms with Gasteiger partial charge in [-0.2, -0.15) is 11.1 Å². The van der Waals surface area contributed by atoms with Crippen molar-refractivity contribution in [2.24, 2.45) is 0 Å². The van der Waals surface area contributed by atoms with Crippen LogP contribution in [0.5, 0.6) is 0 Å². The number of hydrogen-bond acceptors (Lipinski definition) is 0. The van der Waals surface area contributed by atoms with E-state index in [4.69, 9.17) is 11.1 Å². The van der Waals surface area contributed by atoms with Crippen molar-refractivity contribution >= 4 is 42.2 Å². The van der Waals surface area contributed by atoms with E-state index in [2.05, 4.69) is 97.5 Å². The molecular formula is C20H20ClPSi. The van der Waals surface area contributed by atoms with Crippen molar-refractivity contribution in [2.45, 2.75) is 6.55 Å². The van der Waals surface area contributed by atoms with E-state index in [1.54, 1.807) is 0 Å². The lowest BCUT2D eigenvalue weighted by molar-refractivity contribution is 1.70. The Morgan fingerprint density at radius 3 is 1.52 bits per heavy atom. The number of halogens is 1. The lowest BCUT2D eigenvalue weighted by Gasteiger charge is -2.27. The van der Waals surface area contributed by atoms with Gasteiger partial charge in [-0.3, -0.25) is 0 Å². The van der Waals surface area contributed by atoms with Gasteiger partial charge in [-0.05, 0) is 29.5 Å². The summed E-state index contributed by atoms with van der Waals surface area (Å²) in [5.41, 5.74) is 0. The summed E-state index contributed by atoms with van der Waals surface area (Å²) in [6.45, 7) is 2.27. The molecule has 0 heterocycles. The summed E-state index contributed by atoms with van der Waals surface area (Å²) in [6.07, 6.45) is 0. The van der Waals surface area contributed by atoms with Crippen LogP contribution in [0.1, 0.15) is 0 Å². The topological polar surface area (TPSA) is 0 Å². The summed E-state index contributed by atoms with van der Waals surface area (Å²) in [5.74, 6) is 1.06. The Morgan fingerprint density at radius 1 is 0.696 bits per heavy atom. The quantitative estimate of drug-likeness (QED) is 0.362. The highest BCUT2D eigenvalue weighted by Gasteiger charge is 2.32. The van der Waals surface area contributed by atoms with Gasteiger partial charge in [0.1, 0.15) is 0 Å². The number of rotatable bonds is 5. The summed E-state index contributed by atoms with van der Waals surface area (Å²) < 4.78 is 0. The van der Waals surface area contributed by atoms with Gasteiger partial charge < -0.3 is 0 Å². The van der Waals surface area contributed by atoms with E-state index >= 15 is 0 Å². The zero-order chi connectivity index (χ0) is 16.1. The van der Waals surface area contributed by atoms with Gasteiger partial charge in [-0.15, -0.1) is 0 Å². The average molecular weight is 355 g/mol. The molecule has 0 radical (unpaired) electrons. The van der Waals surface area contributed by atoms with Crippen LogP contribution >= 0.6 is 19.0 Å². The van der Waals surface area contributed by atoms with Gasteiger partial charge in [0.15, 0.2) is 7.38 Å². The summed E-state index contributed by atoms with van der Waals surface area (Å²) in [6, 6.07) is 32.2. The maximum Gasteiger partial charge on any atom is 0.188 e. The van der Waals surface area contributed by atoms with Crippen LogP contribution in [0.25, 0.3) is 0 Å². The highest BCUT2D eigenvalue weighted by molar-refractivity contribution is 7.76. The van der Waals surface area contributed by atoms with Gasteiger partial charge in [0, 0.05) is 0 Å². The third-order valence-electron chi connectivity index (χ3n) is 3.97. The predicted molar refractivity (Wildman–Crippen MR) is 107 cm³/mol. The molecule has 0 N–H and O–H groups in total. The Morgan fingerprint density at radius 2 is 1.09 bits per heavy atom. The monoisotopic (exact) mass is 354 g/mol. The first-order valence-corrected chi connectivity index (χ1v) is 13.0. The van der Waals surface area contributed by atoms with Crippen LogP contribution in [0.4, 0.5) is 0 Å². The van der Waals surface area contributed by atoms with Crippen molar-refractivity contribution < 1.29 is 0 Å².